The molecule has 0 saturated carbocycles. The van der Waals surface area contributed by atoms with E-state index in [4.69, 9.17) is 16.3 Å². The Kier molecular flexibility index (Phi) is 3.91. The molecule has 0 spiro atoms. The van der Waals surface area contributed by atoms with Crippen molar-refractivity contribution in [2.45, 2.75) is 0 Å². The van der Waals surface area contributed by atoms with E-state index < -0.39 is 5.82 Å². The van der Waals surface area contributed by atoms with Crippen LogP contribution in [0.1, 0.15) is 0 Å². The highest BCUT2D eigenvalue weighted by molar-refractivity contribution is 6.29. The molecule has 0 heterocycles. The van der Waals surface area contributed by atoms with E-state index in [1.54, 1.807) is 6.07 Å². The van der Waals surface area contributed by atoms with Gasteiger partial charge in [0.25, 0.3) is 0 Å². The van der Waals surface area contributed by atoms with Crippen LogP contribution in [-0.2, 0) is 4.79 Å². The molecule has 1 aromatic rings. The van der Waals surface area contributed by atoms with E-state index in [0.29, 0.717) is 5.69 Å². The van der Waals surface area contributed by atoms with Crippen LogP contribution in [0.5, 0.6) is 5.75 Å². The molecule has 0 atom stereocenters. The topological polar surface area (TPSA) is 29.5 Å². The van der Waals surface area contributed by atoms with E-state index in [2.05, 4.69) is 0 Å². The summed E-state index contributed by atoms with van der Waals surface area (Å²) in [7, 11) is 2.86. The quantitative estimate of drug-likeness (QED) is 0.745. The van der Waals surface area contributed by atoms with E-state index in [-0.39, 0.29) is 17.5 Å². The number of halogens is 2. The smallest absolute Gasteiger partial charge is 0.241 e. The number of ether oxygens (including phenoxy) is 1. The van der Waals surface area contributed by atoms with Crippen molar-refractivity contribution in [3.63, 3.8) is 0 Å². The van der Waals surface area contributed by atoms with Gasteiger partial charge in [0.05, 0.1) is 12.8 Å². The largest absolute Gasteiger partial charge is 0.492 e. The molecule has 0 fully saturated rings. The molecular formula is C10H11ClFNO2. The lowest BCUT2D eigenvalue weighted by atomic mass is 10.2. The average Bonchev–Trinajstić information content (AvgIpc) is 2.26. The number of methoxy groups -OCH3 is 1. The Hall–Kier alpha value is -1.29. The Labute approximate surface area is 92.4 Å². The van der Waals surface area contributed by atoms with Crippen LogP contribution in [0.4, 0.5) is 10.1 Å². The van der Waals surface area contributed by atoms with Crippen LogP contribution < -0.4 is 9.64 Å². The molecule has 0 aliphatic rings. The van der Waals surface area contributed by atoms with E-state index in [0.717, 1.165) is 0 Å². The first-order valence-corrected chi connectivity index (χ1v) is 4.80. The maximum absolute atomic E-state index is 13.3. The number of alkyl halides is 1. The standard InChI is InChI=1S/C10H11ClFNO2/c1-13(9(14)6-11)8-5-3-4-7(12)10(8)15-2/h3-5H,6H2,1-2H3. The minimum absolute atomic E-state index is 0.0402. The second-order valence-corrected chi connectivity index (χ2v) is 3.15. The molecule has 1 aromatic carbocycles. The van der Waals surface area contributed by atoms with Gasteiger partial charge >= 0.3 is 0 Å². The van der Waals surface area contributed by atoms with E-state index in [9.17, 15) is 9.18 Å². The van der Waals surface area contributed by atoms with Gasteiger partial charge < -0.3 is 9.64 Å². The van der Waals surface area contributed by atoms with Crippen molar-refractivity contribution in [3.05, 3.63) is 24.0 Å². The molecule has 15 heavy (non-hydrogen) atoms. The maximum Gasteiger partial charge on any atom is 0.241 e. The summed E-state index contributed by atoms with van der Waals surface area (Å²) in [5.41, 5.74) is 0.364. The molecule has 82 valence electrons. The summed E-state index contributed by atoms with van der Waals surface area (Å²) in [6.07, 6.45) is 0. The minimum Gasteiger partial charge on any atom is -0.492 e. The fraction of sp³-hybridized carbons (Fsp3) is 0.300. The zero-order chi connectivity index (χ0) is 11.4. The zero-order valence-corrected chi connectivity index (χ0v) is 9.21. The van der Waals surface area contributed by atoms with Gasteiger partial charge in [-0.3, -0.25) is 4.79 Å². The SMILES string of the molecule is COc1c(F)cccc1N(C)C(=O)CCl. The number of amides is 1. The first-order valence-electron chi connectivity index (χ1n) is 4.26. The Balaban J connectivity index is 3.13. The van der Waals surface area contributed by atoms with Crippen molar-refractivity contribution < 1.29 is 13.9 Å². The van der Waals surface area contributed by atoms with Crippen LogP contribution in [0.15, 0.2) is 18.2 Å². The van der Waals surface area contributed by atoms with Gasteiger partial charge in [-0.2, -0.15) is 0 Å². The van der Waals surface area contributed by atoms with E-state index >= 15 is 0 Å². The van der Waals surface area contributed by atoms with Crippen LogP contribution in [0.3, 0.4) is 0 Å². The summed E-state index contributed by atoms with van der Waals surface area (Å²) in [5.74, 6) is -0.945. The minimum atomic E-state index is -0.510. The van der Waals surface area contributed by atoms with Crippen LogP contribution in [0.25, 0.3) is 0 Å². The Morgan fingerprint density at radius 3 is 2.80 bits per heavy atom. The number of carbonyl (C=O) groups excluding carboxylic acids is 1. The lowest BCUT2D eigenvalue weighted by Crippen LogP contribution is -2.27. The highest BCUT2D eigenvalue weighted by Crippen LogP contribution is 2.30. The van der Waals surface area contributed by atoms with Crippen LogP contribution in [-0.4, -0.2) is 25.9 Å². The van der Waals surface area contributed by atoms with Crippen LogP contribution in [0.2, 0.25) is 0 Å². The highest BCUT2D eigenvalue weighted by Gasteiger charge is 2.16. The van der Waals surface area contributed by atoms with Gasteiger partial charge in [0.15, 0.2) is 11.6 Å². The summed E-state index contributed by atoms with van der Waals surface area (Å²) in [6.45, 7) is 0. The summed E-state index contributed by atoms with van der Waals surface area (Å²) in [5, 5.41) is 0. The first kappa shape index (κ1) is 11.8. The molecule has 0 aromatic heterocycles. The van der Waals surface area contributed by atoms with Crippen molar-refractivity contribution in [3.8, 4) is 5.75 Å². The van der Waals surface area contributed by atoms with Gasteiger partial charge in [-0.1, -0.05) is 6.07 Å². The number of anilines is 1. The van der Waals surface area contributed by atoms with Crippen molar-refractivity contribution in [2.75, 3.05) is 24.9 Å². The zero-order valence-electron chi connectivity index (χ0n) is 8.46. The van der Waals surface area contributed by atoms with E-state index in [1.807, 2.05) is 0 Å². The third-order valence-electron chi connectivity index (χ3n) is 2.00. The highest BCUT2D eigenvalue weighted by atomic mass is 35.5. The molecule has 0 aliphatic heterocycles. The molecule has 1 rings (SSSR count). The van der Waals surface area contributed by atoms with E-state index in [1.165, 1.54) is 31.2 Å². The average molecular weight is 232 g/mol. The summed E-state index contributed by atoms with van der Waals surface area (Å²) < 4.78 is 18.2. The number of para-hydroxylation sites is 1. The first-order chi connectivity index (χ1) is 7.11. The van der Waals surface area contributed by atoms with Crippen molar-refractivity contribution in [1.82, 2.24) is 0 Å². The monoisotopic (exact) mass is 231 g/mol. The Bertz CT molecular complexity index is 370. The molecule has 3 nitrogen and oxygen atoms in total. The molecule has 0 bridgehead atoms. The van der Waals surface area contributed by atoms with Gasteiger partial charge in [0.1, 0.15) is 5.88 Å². The number of rotatable bonds is 3. The lowest BCUT2D eigenvalue weighted by molar-refractivity contribution is -0.116. The molecule has 0 saturated heterocycles. The molecule has 0 radical (unpaired) electrons. The number of hydrogen-bond acceptors (Lipinski definition) is 2. The van der Waals surface area contributed by atoms with Crippen LogP contribution >= 0.6 is 11.6 Å². The van der Waals surface area contributed by atoms with Gasteiger partial charge in [-0.05, 0) is 12.1 Å². The molecule has 0 unspecified atom stereocenters. The number of nitrogens with zero attached hydrogens (tertiary/aromatic N) is 1. The molecule has 0 aliphatic carbocycles. The summed E-state index contributed by atoms with van der Waals surface area (Å²) >= 11 is 5.41. The molecular weight excluding hydrogens is 221 g/mol. The lowest BCUT2D eigenvalue weighted by Gasteiger charge is -2.19. The Morgan fingerprint density at radius 1 is 1.60 bits per heavy atom. The van der Waals surface area contributed by atoms with Gasteiger partial charge in [0.2, 0.25) is 5.91 Å². The number of hydrogen-bond donors (Lipinski definition) is 0. The third kappa shape index (κ3) is 2.39. The summed E-state index contributed by atoms with van der Waals surface area (Å²) in [6, 6.07) is 4.36. The van der Waals surface area contributed by atoms with Crippen molar-refractivity contribution >= 4 is 23.2 Å². The van der Waals surface area contributed by atoms with Gasteiger partial charge in [0, 0.05) is 7.05 Å². The van der Waals surface area contributed by atoms with Gasteiger partial charge in [-0.15, -0.1) is 11.6 Å². The third-order valence-corrected chi connectivity index (χ3v) is 2.23. The predicted octanol–water partition coefficient (Wildman–Crippen LogP) is 2.04. The van der Waals surface area contributed by atoms with Crippen molar-refractivity contribution in [1.29, 1.82) is 0 Å². The molecule has 1 amide bonds. The predicted molar refractivity (Wildman–Crippen MR) is 57.1 cm³/mol. The van der Waals surface area contributed by atoms with Crippen LogP contribution in [0, 0.1) is 5.82 Å². The fourth-order valence-corrected chi connectivity index (χ4v) is 1.37. The fourth-order valence-electron chi connectivity index (χ4n) is 1.19. The second-order valence-electron chi connectivity index (χ2n) is 2.88. The normalized spacial score (nSPS) is 9.87. The summed E-state index contributed by atoms with van der Waals surface area (Å²) in [4.78, 5) is 12.6. The maximum atomic E-state index is 13.3. The molecule has 0 N–H and O–H groups in total. The number of benzene rings is 1. The van der Waals surface area contributed by atoms with Crippen molar-refractivity contribution in [2.24, 2.45) is 0 Å². The number of carbonyl (C=O) groups is 1. The Morgan fingerprint density at radius 2 is 2.27 bits per heavy atom. The second kappa shape index (κ2) is 4.98. The van der Waals surface area contributed by atoms with Gasteiger partial charge in [-0.25, -0.2) is 4.39 Å². The molecule has 5 heteroatoms.